The molecule has 8 nitrogen and oxygen atoms in total. The summed E-state index contributed by atoms with van der Waals surface area (Å²) in [6.07, 6.45) is 5.65. The predicted molar refractivity (Wildman–Crippen MR) is 116 cm³/mol. The number of carbonyl (C=O) groups excluding carboxylic acids is 3. The molecule has 164 valence electrons. The number of benzene rings is 1. The van der Waals surface area contributed by atoms with Crippen LogP contribution in [0.4, 0.5) is 0 Å². The molecule has 3 aromatic rings. The molecular weight excluding hydrogens is 410 g/mol. The number of amides is 3. The maximum absolute atomic E-state index is 13.0. The van der Waals surface area contributed by atoms with Crippen molar-refractivity contribution in [2.45, 2.75) is 18.9 Å². The summed E-state index contributed by atoms with van der Waals surface area (Å²) in [5, 5.41) is 5.64. The van der Waals surface area contributed by atoms with Gasteiger partial charge < -0.3 is 24.4 Å². The van der Waals surface area contributed by atoms with Crippen LogP contribution in [0.2, 0.25) is 0 Å². The van der Waals surface area contributed by atoms with E-state index < -0.39 is 11.8 Å². The summed E-state index contributed by atoms with van der Waals surface area (Å²) in [4.78, 5) is 39.7. The quantitative estimate of drug-likeness (QED) is 0.582. The van der Waals surface area contributed by atoms with Gasteiger partial charge in [-0.15, -0.1) is 0 Å². The Balaban J connectivity index is 1.39. The van der Waals surface area contributed by atoms with Gasteiger partial charge in [0.15, 0.2) is 5.76 Å². The van der Waals surface area contributed by atoms with Gasteiger partial charge in [0.2, 0.25) is 0 Å². The monoisotopic (exact) mass is 433 g/mol. The highest BCUT2D eigenvalue weighted by Gasteiger charge is 2.27. The zero-order chi connectivity index (χ0) is 22.3. The lowest BCUT2D eigenvalue weighted by Gasteiger charge is -2.32. The van der Waals surface area contributed by atoms with Crippen molar-refractivity contribution in [1.29, 1.82) is 0 Å². The van der Waals surface area contributed by atoms with Crippen molar-refractivity contribution in [2.75, 3.05) is 13.1 Å². The van der Waals surface area contributed by atoms with Crippen LogP contribution in [-0.2, 0) is 4.79 Å². The molecule has 1 fully saturated rings. The van der Waals surface area contributed by atoms with Crippen LogP contribution >= 0.6 is 0 Å². The minimum atomic E-state index is -0.415. The molecule has 8 heteroatoms. The van der Waals surface area contributed by atoms with Gasteiger partial charge in [0.25, 0.3) is 17.7 Å². The Labute approximate surface area is 184 Å². The Morgan fingerprint density at radius 1 is 0.906 bits per heavy atom. The number of nitrogens with zero attached hydrogens (tertiary/aromatic N) is 1. The van der Waals surface area contributed by atoms with Gasteiger partial charge in [-0.25, -0.2) is 0 Å². The zero-order valence-electron chi connectivity index (χ0n) is 17.3. The topological polar surface area (TPSA) is 105 Å². The highest BCUT2D eigenvalue weighted by Crippen LogP contribution is 2.15. The standard InChI is InChI=1S/C24H23N3O5/c28-22(17-6-2-1-3-7-17)26-20(16-19-8-4-14-31-19)23(29)25-18-10-12-27(13-11-18)24(30)21-9-5-15-32-21/h1-9,14-16,18H,10-13H2,(H,25,29)(H,26,28). The minimum absolute atomic E-state index is 0.0860. The molecular formula is C24H23N3O5. The Morgan fingerprint density at radius 3 is 2.28 bits per heavy atom. The SMILES string of the molecule is O=C(NC1CCN(C(=O)c2ccco2)CC1)C(=Cc1ccco1)NC(=O)c1ccccc1. The summed E-state index contributed by atoms with van der Waals surface area (Å²) in [6.45, 7) is 0.996. The number of hydrogen-bond acceptors (Lipinski definition) is 5. The molecule has 1 saturated heterocycles. The lowest BCUT2D eigenvalue weighted by Crippen LogP contribution is -2.48. The van der Waals surface area contributed by atoms with Crippen LogP contribution < -0.4 is 10.6 Å². The molecule has 0 atom stereocenters. The first-order valence-electron chi connectivity index (χ1n) is 10.4. The van der Waals surface area contributed by atoms with E-state index in [0.29, 0.717) is 43.0 Å². The summed E-state index contributed by atoms with van der Waals surface area (Å²) in [5.74, 6) is -0.214. The maximum atomic E-state index is 13.0. The van der Waals surface area contributed by atoms with E-state index in [0.717, 1.165) is 0 Å². The number of piperidine rings is 1. The molecule has 0 spiro atoms. The van der Waals surface area contributed by atoms with Crippen LogP contribution in [0.3, 0.4) is 0 Å². The molecule has 2 N–H and O–H groups in total. The number of hydrogen-bond donors (Lipinski definition) is 2. The fourth-order valence-electron chi connectivity index (χ4n) is 3.50. The van der Waals surface area contributed by atoms with Gasteiger partial charge in [-0.3, -0.25) is 14.4 Å². The van der Waals surface area contributed by atoms with Crippen LogP contribution in [0.25, 0.3) is 6.08 Å². The zero-order valence-corrected chi connectivity index (χ0v) is 17.3. The number of nitrogens with one attached hydrogen (secondary N) is 2. The molecule has 4 rings (SSSR count). The summed E-state index contributed by atoms with van der Waals surface area (Å²) in [5.41, 5.74) is 0.526. The van der Waals surface area contributed by atoms with E-state index >= 15 is 0 Å². The van der Waals surface area contributed by atoms with E-state index in [1.54, 1.807) is 53.4 Å². The second-order valence-electron chi connectivity index (χ2n) is 7.41. The van der Waals surface area contributed by atoms with Gasteiger partial charge in [0.05, 0.1) is 12.5 Å². The van der Waals surface area contributed by atoms with Crippen molar-refractivity contribution in [1.82, 2.24) is 15.5 Å². The summed E-state index contributed by atoms with van der Waals surface area (Å²) in [6, 6.07) is 15.2. The molecule has 0 unspecified atom stereocenters. The van der Waals surface area contributed by atoms with Crippen molar-refractivity contribution in [2.24, 2.45) is 0 Å². The highest BCUT2D eigenvalue weighted by atomic mass is 16.3. The van der Waals surface area contributed by atoms with Gasteiger partial charge >= 0.3 is 0 Å². The summed E-state index contributed by atoms with van der Waals surface area (Å²) in [7, 11) is 0. The molecule has 2 aromatic heterocycles. The van der Waals surface area contributed by atoms with Crippen LogP contribution in [0.5, 0.6) is 0 Å². The molecule has 32 heavy (non-hydrogen) atoms. The molecule has 0 saturated carbocycles. The average Bonchev–Trinajstić information content (AvgIpc) is 3.54. The van der Waals surface area contributed by atoms with Crippen LogP contribution in [0.15, 0.2) is 81.7 Å². The number of carbonyl (C=O) groups is 3. The Hall–Kier alpha value is -4.07. The third-order valence-corrected chi connectivity index (χ3v) is 5.21. The van der Waals surface area contributed by atoms with E-state index in [4.69, 9.17) is 8.83 Å². The van der Waals surface area contributed by atoms with E-state index in [2.05, 4.69) is 10.6 Å². The fourth-order valence-corrected chi connectivity index (χ4v) is 3.50. The molecule has 0 aliphatic carbocycles. The van der Waals surface area contributed by atoms with Crippen molar-refractivity contribution < 1.29 is 23.2 Å². The summed E-state index contributed by atoms with van der Waals surface area (Å²) >= 11 is 0. The smallest absolute Gasteiger partial charge is 0.289 e. The van der Waals surface area contributed by atoms with Crippen LogP contribution in [0.1, 0.15) is 39.5 Å². The van der Waals surface area contributed by atoms with Crippen molar-refractivity contribution >= 4 is 23.8 Å². The van der Waals surface area contributed by atoms with Crippen molar-refractivity contribution in [3.63, 3.8) is 0 Å². The summed E-state index contributed by atoms with van der Waals surface area (Å²) < 4.78 is 10.5. The molecule has 0 radical (unpaired) electrons. The van der Waals surface area contributed by atoms with Crippen molar-refractivity contribution in [3.8, 4) is 0 Å². The van der Waals surface area contributed by atoms with Crippen LogP contribution in [-0.4, -0.2) is 41.8 Å². The second kappa shape index (κ2) is 9.82. The van der Waals surface area contributed by atoms with E-state index in [1.807, 2.05) is 6.07 Å². The predicted octanol–water partition coefficient (Wildman–Crippen LogP) is 3.06. The van der Waals surface area contributed by atoms with Gasteiger partial charge in [-0.1, -0.05) is 18.2 Å². The molecule has 3 amide bonds. The lowest BCUT2D eigenvalue weighted by molar-refractivity contribution is -0.118. The Kier molecular flexibility index (Phi) is 6.50. The number of rotatable bonds is 6. The van der Waals surface area contributed by atoms with E-state index in [1.165, 1.54) is 18.6 Å². The third-order valence-electron chi connectivity index (χ3n) is 5.21. The molecule has 1 aliphatic rings. The Morgan fingerprint density at radius 2 is 1.62 bits per heavy atom. The highest BCUT2D eigenvalue weighted by molar-refractivity contribution is 6.05. The molecule has 0 bridgehead atoms. The normalized spacial score (nSPS) is 14.8. The lowest BCUT2D eigenvalue weighted by atomic mass is 10.0. The van der Waals surface area contributed by atoms with Gasteiger partial charge in [-0.05, 0) is 49.2 Å². The molecule has 3 heterocycles. The molecule has 1 aliphatic heterocycles. The van der Waals surface area contributed by atoms with Crippen molar-refractivity contribution in [3.05, 3.63) is 89.9 Å². The number of likely N-dealkylation sites (tertiary alicyclic amines) is 1. The third kappa shape index (κ3) is 5.15. The van der Waals surface area contributed by atoms with Gasteiger partial charge in [0, 0.05) is 30.8 Å². The first kappa shape index (κ1) is 21.2. The largest absolute Gasteiger partial charge is 0.465 e. The fraction of sp³-hybridized carbons (Fsp3) is 0.208. The number of furan rings is 2. The minimum Gasteiger partial charge on any atom is -0.465 e. The Bertz CT molecular complexity index is 1080. The first-order valence-corrected chi connectivity index (χ1v) is 10.4. The first-order chi connectivity index (χ1) is 15.6. The maximum Gasteiger partial charge on any atom is 0.289 e. The van der Waals surface area contributed by atoms with E-state index in [9.17, 15) is 14.4 Å². The average molecular weight is 433 g/mol. The van der Waals surface area contributed by atoms with Gasteiger partial charge in [0.1, 0.15) is 11.5 Å². The molecule has 1 aromatic carbocycles. The van der Waals surface area contributed by atoms with Crippen LogP contribution in [0, 0.1) is 0 Å². The van der Waals surface area contributed by atoms with E-state index in [-0.39, 0.29) is 17.6 Å². The van der Waals surface area contributed by atoms with Gasteiger partial charge in [-0.2, -0.15) is 0 Å². The second-order valence-corrected chi connectivity index (χ2v) is 7.41.